The maximum atomic E-state index is 13.7. The summed E-state index contributed by atoms with van der Waals surface area (Å²) in [5.74, 6) is 0.0687. The van der Waals surface area contributed by atoms with Gasteiger partial charge in [0.15, 0.2) is 0 Å². The summed E-state index contributed by atoms with van der Waals surface area (Å²) in [7, 11) is 1.72. The Morgan fingerprint density at radius 2 is 1.68 bits per heavy atom. The predicted octanol–water partition coefficient (Wildman–Crippen LogP) is 6.44. The lowest BCUT2D eigenvalue weighted by molar-refractivity contribution is -0.125. The molecule has 0 radical (unpaired) electrons. The van der Waals surface area contributed by atoms with E-state index in [1.165, 1.54) is 12.1 Å². The highest BCUT2D eigenvalue weighted by Gasteiger charge is 2.31. The molecule has 0 saturated heterocycles. The third-order valence-corrected chi connectivity index (χ3v) is 6.86. The molecule has 0 aliphatic rings. The molecule has 0 heterocycles. The fraction of sp³-hybridized carbons (Fsp3) is 0.294. The van der Waals surface area contributed by atoms with Crippen LogP contribution in [0.15, 0.2) is 102 Å². The van der Waals surface area contributed by atoms with Gasteiger partial charge in [-0.2, -0.15) is 0 Å². The van der Waals surface area contributed by atoms with E-state index < -0.39 is 11.6 Å². The van der Waals surface area contributed by atoms with Crippen LogP contribution in [0.25, 0.3) is 5.57 Å². The summed E-state index contributed by atoms with van der Waals surface area (Å²) >= 11 is 0. The molecule has 3 aromatic carbocycles. The molecule has 3 N–H and O–H groups in total. The van der Waals surface area contributed by atoms with Crippen molar-refractivity contribution >= 4 is 17.3 Å². The van der Waals surface area contributed by atoms with Gasteiger partial charge < -0.3 is 16.0 Å². The zero-order valence-corrected chi connectivity index (χ0v) is 24.2. The largest absolute Gasteiger partial charge is 0.344 e. The molecule has 3 aromatic rings. The van der Waals surface area contributed by atoms with Crippen molar-refractivity contribution in [2.24, 2.45) is 10.7 Å². The van der Waals surface area contributed by atoms with E-state index in [9.17, 15) is 9.18 Å². The minimum Gasteiger partial charge on any atom is -0.344 e. The molecular formula is C34H41FN4O. The number of halogens is 1. The third-order valence-electron chi connectivity index (χ3n) is 6.86. The lowest BCUT2D eigenvalue weighted by Crippen LogP contribution is -2.56. The molecule has 1 atom stereocenters. The number of carbonyl (C=O) groups excluding carboxylic acids is 1. The number of nitrogens with one attached hydrogen (secondary N) is 1. The number of hydrogen-bond acceptors (Lipinski definition) is 3. The molecule has 0 unspecified atom stereocenters. The lowest BCUT2D eigenvalue weighted by atomic mass is 9.93. The van der Waals surface area contributed by atoms with E-state index in [0.717, 1.165) is 33.5 Å². The maximum Gasteiger partial charge on any atom is 0.240 e. The van der Waals surface area contributed by atoms with E-state index in [1.54, 1.807) is 33.0 Å². The Hall–Kier alpha value is -4.03. The first-order chi connectivity index (χ1) is 19.0. The number of amidine groups is 1. The Morgan fingerprint density at radius 1 is 1.05 bits per heavy atom. The van der Waals surface area contributed by atoms with Crippen molar-refractivity contribution in [1.82, 2.24) is 10.2 Å². The first-order valence-electron chi connectivity index (χ1n) is 13.5. The van der Waals surface area contributed by atoms with Crippen LogP contribution in [0.3, 0.4) is 0 Å². The van der Waals surface area contributed by atoms with E-state index in [0.29, 0.717) is 25.2 Å². The Labute approximate surface area is 238 Å². The van der Waals surface area contributed by atoms with Crippen LogP contribution >= 0.6 is 0 Å². The number of allylic oxidation sites excluding steroid dienone is 2. The molecule has 210 valence electrons. The Kier molecular flexibility index (Phi) is 10.6. The Bertz CT molecular complexity index is 1350. The standard InChI is InChI=1S/C34H41FN4O/c1-7-28(30-16-12-11-13-24(30)2)22-31(38-33(40)34(4,5)36)32(37-6)39(23-27-17-19-29(35)20-18-27)25(3)21-26-14-9-8-10-15-26/h7-20,31H,3,21-23,36H2,1-2,4-6H3,(H,38,40)/b28-7-,37-32-/t31-/m1/s1. The SMILES string of the molecule is C=C(Cc1ccccc1)N(Cc1ccc(F)cc1)/C(=N\C)[C@@H](C/C(=C/C)c1ccccc1C)NC(=O)C(C)(C)N. The van der Waals surface area contributed by atoms with Crippen LogP contribution in [0.5, 0.6) is 0 Å². The molecule has 40 heavy (non-hydrogen) atoms. The van der Waals surface area contributed by atoms with Gasteiger partial charge in [-0.05, 0) is 67.7 Å². The zero-order valence-electron chi connectivity index (χ0n) is 24.2. The Balaban J connectivity index is 2.06. The van der Waals surface area contributed by atoms with Crippen LogP contribution in [0.4, 0.5) is 4.39 Å². The van der Waals surface area contributed by atoms with E-state index >= 15 is 0 Å². The van der Waals surface area contributed by atoms with Crippen LogP contribution in [-0.2, 0) is 17.8 Å². The number of aryl methyl sites for hydroxylation is 1. The fourth-order valence-electron chi connectivity index (χ4n) is 4.61. The van der Waals surface area contributed by atoms with Crippen LogP contribution in [0, 0.1) is 12.7 Å². The average molecular weight is 541 g/mol. The number of hydrogen-bond donors (Lipinski definition) is 2. The quantitative estimate of drug-likeness (QED) is 0.217. The molecule has 6 heteroatoms. The number of amides is 1. The smallest absolute Gasteiger partial charge is 0.240 e. The van der Waals surface area contributed by atoms with Crippen molar-refractivity contribution < 1.29 is 9.18 Å². The summed E-state index contributed by atoms with van der Waals surface area (Å²) in [5, 5.41) is 3.18. The summed E-state index contributed by atoms with van der Waals surface area (Å²) in [5.41, 5.74) is 11.3. The van der Waals surface area contributed by atoms with Gasteiger partial charge in [0.25, 0.3) is 0 Å². The van der Waals surface area contributed by atoms with Crippen molar-refractivity contribution in [2.45, 2.75) is 58.7 Å². The number of nitrogens with zero attached hydrogens (tertiary/aromatic N) is 2. The molecular weight excluding hydrogens is 499 g/mol. The zero-order chi connectivity index (χ0) is 29.3. The van der Waals surface area contributed by atoms with Gasteiger partial charge in [-0.25, -0.2) is 4.39 Å². The van der Waals surface area contributed by atoms with E-state index in [-0.39, 0.29) is 11.7 Å². The monoisotopic (exact) mass is 540 g/mol. The second kappa shape index (κ2) is 13.9. The fourth-order valence-corrected chi connectivity index (χ4v) is 4.61. The van der Waals surface area contributed by atoms with E-state index in [4.69, 9.17) is 10.7 Å². The van der Waals surface area contributed by atoms with Crippen LogP contribution in [-0.4, -0.2) is 35.3 Å². The van der Waals surface area contributed by atoms with Gasteiger partial charge in [0.1, 0.15) is 11.7 Å². The van der Waals surface area contributed by atoms with Gasteiger partial charge in [0.2, 0.25) is 5.91 Å². The number of carbonyl (C=O) groups is 1. The highest BCUT2D eigenvalue weighted by atomic mass is 19.1. The van der Waals surface area contributed by atoms with Crippen molar-refractivity contribution in [3.63, 3.8) is 0 Å². The first kappa shape index (κ1) is 30.5. The third kappa shape index (κ3) is 8.23. The van der Waals surface area contributed by atoms with Gasteiger partial charge >= 0.3 is 0 Å². The highest BCUT2D eigenvalue weighted by Crippen LogP contribution is 2.26. The number of nitrogens with two attached hydrogens (primary N) is 1. The molecule has 0 saturated carbocycles. The summed E-state index contributed by atoms with van der Waals surface area (Å²) in [6.45, 7) is 12.3. The number of benzene rings is 3. The van der Waals surface area contributed by atoms with Gasteiger partial charge in [0, 0.05) is 32.1 Å². The topological polar surface area (TPSA) is 70.7 Å². The Morgan fingerprint density at radius 3 is 2.25 bits per heavy atom. The second-order valence-corrected chi connectivity index (χ2v) is 10.6. The summed E-state index contributed by atoms with van der Waals surface area (Å²) in [6.07, 6.45) is 3.15. The predicted molar refractivity (Wildman–Crippen MR) is 164 cm³/mol. The van der Waals surface area contributed by atoms with E-state index in [2.05, 4.69) is 49.2 Å². The minimum absolute atomic E-state index is 0.283. The molecule has 0 fully saturated rings. The normalized spacial score (nSPS) is 13.1. The van der Waals surface area contributed by atoms with Crippen molar-refractivity contribution in [3.05, 3.63) is 125 Å². The summed E-state index contributed by atoms with van der Waals surface area (Å²) < 4.78 is 13.7. The lowest BCUT2D eigenvalue weighted by Gasteiger charge is -2.35. The maximum absolute atomic E-state index is 13.7. The first-order valence-corrected chi connectivity index (χ1v) is 13.5. The van der Waals surface area contributed by atoms with E-state index in [1.807, 2.05) is 42.2 Å². The number of rotatable bonds is 11. The molecule has 1 amide bonds. The molecule has 0 spiro atoms. The van der Waals surface area contributed by atoms with Crippen molar-refractivity contribution in [2.75, 3.05) is 7.05 Å². The van der Waals surface area contributed by atoms with Gasteiger partial charge in [-0.1, -0.05) is 79.4 Å². The molecule has 0 aliphatic carbocycles. The number of aliphatic imine (C=N–C) groups is 1. The van der Waals surface area contributed by atoms with Crippen LogP contribution in [0.1, 0.15) is 49.4 Å². The van der Waals surface area contributed by atoms with Gasteiger partial charge in [0.05, 0.1) is 11.6 Å². The van der Waals surface area contributed by atoms with Crippen molar-refractivity contribution in [1.29, 1.82) is 0 Å². The molecule has 5 nitrogen and oxygen atoms in total. The average Bonchev–Trinajstić information content (AvgIpc) is 2.92. The van der Waals surface area contributed by atoms with Crippen LogP contribution < -0.4 is 11.1 Å². The molecule has 0 aliphatic heterocycles. The summed E-state index contributed by atoms with van der Waals surface area (Å²) in [6, 6.07) is 24.2. The minimum atomic E-state index is -1.08. The summed E-state index contributed by atoms with van der Waals surface area (Å²) in [4.78, 5) is 20.0. The highest BCUT2D eigenvalue weighted by molar-refractivity contribution is 5.96. The van der Waals surface area contributed by atoms with Gasteiger partial charge in [-0.3, -0.25) is 9.79 Å². The van der Waals surface area contributed by atoms with Gasteiger partial charge in [-0.15, -0.1) is 0 Å². The van der Waals surface area contributed by atoms with Crippen molar-refractivity contribution in [3.8, 4) is 0 Å². The molecule has 3 rings (SSSR count). The molecule has 0 bridgehead atoms. The molecule has 0 aromatic heterocycles. The second-order valence-electron chi connectivity index (χ2n) is 10.6. The van der Waals surface area contributed by atoms with Crippen LogP contribution in [0.2, 0.25) is 0 Å².